The molecule has 1 aromatic rings. The minimum absolute atomic E-state index is 0.0281. The summed E-state index contributed by atoms with van der Waals surface area (Å²) in [4.78, 5) is 0. The Hall–Kier alpha value is -1.37. The van der Waals surface area contributed by atoms with Gasteiger partial charge in [-0.05, 0) is 61.3 Å². The van der Waals surface area contributed by atoms with Crippen molar-refractivity contribution in [1.82, 2.24) is 4.31 Å². The first-order chi connectivity index (χ1) is 12.7. The Morgan fingerprint density at radius 3 is 2.81 bits per heavy atom. The third-order valence-electron chi connectivity index (χ3n) is 7.89. The fraction of sp³-hybridized carbons (Fsp3) is 0.619. The molecular formula is C21H27NO4S. The number of fused-ring (bicyclic) bond motifs is 3. The van der Waals surface area contributed by atoms with E-state index in [0.29, 0.717) is 17.6 Å². The molecule has 1 unspecified atom stereocenters. The zero-order valence-electron chi connectivity index (χ0n) is 16.1. The van der Waals surface area contributed by atoms with Gasteiger partial charge in [0.25, 0.3) is 0 Å². The number of aliphatic hydroxyl groups excluding tert-OH is 1. The van der Waals surface area contributed by atoms with Crippen LogP contribution < -0.4 is 4.18 Å². The molecule has 5 nitrogen and oxygen atoms in total. The molecular weight excluding hydrogens is 362 g/mol. The van der Waals surface area contributed by atoms with Crippen molar-refractivity contribution in [2.24, 2.45) is 16.7 Å². The van der Waals surface area contributed by atoms with E-state index in [0.717, 1.165) is 35.6 Å². The van der Waals surface area contributed by atoms with Crippen LogP contribution in [0, 0.1) is 16.7 Å². The van der Waals surface area contributed by atoms with Crippen molar-refractivity contribution >= 4 is 10.3 Å². The third-order valence-corrected chi connectivity index (χ3v) is 9.19. The van der Waals surface area contributed by atoms with Crippen molar-refractivity contribution < 1.29 is 17.7 Å². The molecule has 6 heteroatoms. The standard InChI is InChI=1S/C21H27NO4S/c1-20-9-8-17-16-6-5-15(26-27(24,25)22(2)3)10-13(16)4-7-18(17)21(20)12-14(21)11-19(20)23/h5-7,10,14,17,19,23H,4,8-9,11-12H2,1-3H3/t14-,17?,19+,20-,21+/m1/s1. The minimum atomic E-state index is -3.74. The molecule has 146 valence electrons. The van der Waals surface area contributed by atoms with E-state index in [2.05, 4.69) is 19.1 Å². The maximum Gasteiger partial charge on any atom is 0.384 e. The largest absolute Gasteiger partial charge is 0.393 e. The van der Waals surface area contributed by atoms with Crippen LogP contribution in [0.3, 0.4) is 0 Å². The molecule has 4 aliphatic rings. The van der Waals surface area contributed by atoms with Crippen LogP contribution in [-0.2, 0) is 16.7 Å². The Morgan fingerprint density at radius 1 is 1.30 bits per heavy atom. The summed E-state index contributed by atoms with van der Waals surface area (Å²) in [6.45, 7) is 2.29. The molecule has 0 aromatic heterocycles. The maximum atomic E-state index is 12.0. The average Bonchev–Trinajstić information content (AvgIpc) is 3.26. The maximum absolute atomic E-state index is 12.0. The zero-order chi connectivity index (χ0) is 19.2. The van der Waals surface area contributed by atoms with Crippen LogP contribution in [-0.4, -0.2) is 38.0 Å². The summed E-state index contributed by atoms with van der Waals surface area (Å²) in [6, 6.07) is 5.71. The molecule has 1 spiro atoms. The fourth-order valence-electron chi connectivity index (χ4n) is 6.34. The molecule has 0 aliphatic heterocycles. The average molecular weight is 390 g/mol. The summed E-state index contributed by atoms with van der Waals surface area (Å²) >= 11 is 0. The third kappa shape index (κ3) is 2.21. The Balaban J connectivity index is 1.48. The first kappa shape index (κ1) is 17.7. The number of allylic oxidation sites excluding steroid dienone is 2. The van der Waals surface area contributed by atoms with E-state index in [1.165, 1.54) is 26.1 Å². The Labute approximate surface area is 161 Å². The predicted molar refractivity (Wildman–Crippen MR) is 103 cm³/mol. The van der Waals surface area contributed by atoms with Crippen molar-refractivity contribution in [2.45, 2.75) is 51.0 Å². The fourth-order valence-corrected chi connectivity index (χ4v) is 6.83. The summed E-state index contributed by atoms with van der Waals surface area (Å²) < 4.78 is 30.3. The number of nitrogens with zero attached hydrogens (tertiary/aromatic N) is 1. The summed E-state index contributed by atoms with van der Waals surface area (Å²) in [7, 11) is -0.817. The smallest absolute Gasteiger partial charge is 0.384 e. The van der Waals surface area contributed by atoms with Crippen LogP contribution in [0.1, 0.15) is 49.7 Å². The van der Waals surface area contributed by atoms with Gasteiger partial charge in [0.1, 0.15) is 5.75 Å². The van der Waals surface area contributed by atoms with Gasteiger partial charge in [-0.1, -0.05) is 24.6 Å². The topological polar surface area (TPSA) is 66.8 Å². The Morgan fingerprint density at radius 2 is 2.07 bits per heavy atom. The lowest BCUT2D eigenvalue weighted by Gasteiger charge is -2.48. The summed E-state index contributed by atoms with van der Waals surface area (Å²) in [5.41, 5.74) is 4.24. The Bertz CT molecular complexity index is 953. The molecule has 0 bridgehead atoms. The van der Waals surface area contributed by atoms with E-state index in [1.54, 1.807) is 11.6 Å². The molecule has 1 aromatic carbocycles. The van der Waals surface area contributed by atoms with Crippen LogP contribution in [0.25, 0.3) is 0 Å². The van der Waals surface area contributed by atoms with Crippen molar-refractivity contribution in [2.75, 3.05) is 14.1 Å². The highest BCUT2D eigenvalue weighted by Gasteiger charge is 2.75. The quantitative estimate of drug-likeness (QED) is 0.807. The highest BCUT2D eigenvalue weighted by Crippen LogP contribution is 2.80. The Kier molecular flexibility index (Phi) is 3.52. The lowest BCUT2D eigenvalue weighted by Crippen LogP contribution is -2.43. The van der Waals surface area contributed by atoms with Crippen molar-refractivity contribution in [1.29, 1.82) is 0 Å². The summed E-state index contributed by atoms with van der Waals surface area (Å²) in [6.07, 6.45) is 7.28. The van der Waals surface area contributed by atoms with Gasteiger partial charge in [0.2, 0.25) is 0 Å². The van der Waals surface area contributed by atoms with Gasteiger partial charge in [0.05, 0.1) is 6.10 Å². The molecule has 0 radical (unpaired) electrons. The number of hydrogen-bond acceptors (Lipinski definition) is 4. The van der Waals surface area contributed by atoms with Crippen LogP contribution in [0.5, 0.6) is 5.75 Å². The molecule has 4 aliphatic carbocycles. The molecule has 1 N–H and O–H groups in total. The van der Waals surface area contributed by atoms with Crippen LogP contribution in [0.15, 0.2) is 29.8 Å². The van der Waals surface area contributed by atoms with Gasteiger partial charge >= 0.3 is 10.3 Å². The number of benzene rings is 1. The molecule has 5 rings (SSSR count). The molecule has 27 heavy (non-hydrogen) atoms. The predicted octanol–water partition coefficient (Wildman–Crippen LogP) is 3.01. The monoisotopic (exact) mass is 389 g/mol. The molecule has 0 amide bonds. The minimum Gasteiger partial charge on any atom is -0.393 e. The highest BCUT2D eigenvalue weighted by atomic mass is 32.2. The molecule has 3 fully saturated rings. The second-order valence-corrected chi connectivity index (χ2v) is 10.9. The van der Waals surface area contributed by atoms with Crippen LogP contribution in [0.4, 0.5) is 0 Å². The normalized spacial score (nSPS) is 39.1. The highest BCUT2D eigenvalue weighted by molar-refractivity contribution is 7.84. The van der Waals surface area contributed by atoms with Gasteiger partial charge in [0, 0.05) is 30.8 Å². The van der Waals surface area contributed by atoms with Crippen LogP contribution in [0.2, 0.25) is 0 Å². The molecule has 0 saturated heterocycles. The first-order valence-electron chi connectivity index (χ1n) is 9.82. The summed E-state index contributed by atoms with van der Waals surface area (Å²) in [5.74, 6) is 1.41. The van der Waals surface area contributed by atoms with Gasteiger partial charge in [-0.25, -0.2) is 0 Å². The number of hydrogen-bond donors (Lipinski definition) is 1. The van der Waals surface area contributed by atoms with Gasteiger partial charge in [0.15, 0.2) is 0 Å². The lowest BCUT2D eigenvalue weighted by molar-refractivity contribution is -0.000288. The molecule has 3 saturated carbocycles. The SMILES string of the molecule is CN(C)S(=O)(=O)Oc1ccc2c(c1)CC=C1C2CC[C@]2(C)[C@@H](O)C[C@@H]3C[C@@]132. The number of rotatable bonds is 3. The van der Waals surface area contributed by atoms with Crippen molar-refractivity contribution in [3.05, 3.63) is 41.0 Å². The van der Waals surface area contributed by atoms with Gasteiger partial charge < -0.3 is 9.29 Å². The van der Waals surface area contributed by atoms with E-state index >= 15 is 0 Å². The molecule has 0 heterocycles. The van der Waals surface area contributed by atoms with E-state index in [-0.39, 0.29) is 16.9 Å². The van der Waals surface area contributed by atoms with Crippen molar-refractivity contribution in [3.63, 3.8) is 0 Å². The number of aliphatic hydroxyl groups is 1. The lowest BCUT2D eigenvalue weighted by atomic mass is 9.56. The zero-order valence-corrected chi connectivity index (χ0v) is 16.9. The van der Waals surface area contributed by atoms with E-state index < -0.39 is 10.3 Å². The van der Waals surface area contributed by atoms with Crippen molar-refractivity contribution in [3.8, 4) is 5.75 Å². The van der Waals surface area contributed by atoms with Gasteiger partial charge in [-0.15, -0.1) is 0 Å². The second-order valence-electron chi connectivity index (χ2n) is 9.18. The van der Waals surface area contributed by atoms with Gasteiger partial charge in [-0.3, -0.25) is 0 Å². The van der Waals surface area contributed by atoms with E-state index in [1.807, 2.05) is 6.07 Å². The second kappa shape index (κ2) is 5.37. The van der Waals surface area contributed by atoms with Crippen LogP contribution >= 0.6 is 0 Å². The van der Waals surface area contributed by atoms with E-state index in [9.17, 15) is 13.5 Å². The first-order valence-corrected chi connectivity index (χ1v) is 11.2. The summed E-state index contributed by atoms with van der Waals surface area (Å²) in [5, 5.41) is 10.6. The molecule has 5 atom stereocenters. The van der Waals surface area contributed by atoms with Gasteiger partial charge in [-0.2, -0.15) is 12.7 Å². The van der Waals surface area contributed by atoms with E-state index in [4.69, 9.17) is 4.18 Å².